The Bertz CT molecular complexity index is 423. The maximum absolute atomic E-state index is 12.1. The van der Waals surface area contributed by atoms with Gasteiger partial charge in [0.25, 0.3) is 0 Å². The Balaban J connectivity index is 1.78. The van der Waals surface area contributed by atoms with Gasteiger partial charge in [-0.25, -0.2) is 0 Å². The number of piperidine rings is 1. The van der Waals surface area contributed by atoms with Crippen molar-refractivity contribution < 1.29 is 9.53 Å². The van der Waals surface area contributed by atoms with Crippen molar-refractivity contribution in [3.8, 4) is 5.75 Å². The van der Waals surface area contributed by atoms with Crippen LogP contribution in [0.15, 0.2) is 24.3 Å². The monoisotopic (exact) mass is 276 g/mol. The summed E-state index contributed by atoms with van der Waals surface area (Å²) in [5.41, 5.74) is 0.951. The van der Waals surface area contributed by atoms with E-state index in [1.54, 1.807) is 0 Å². The number of nitrogens with one attached hydrogen (secondary N) is 1. The zero-order chi connectivity index (χ0) is 14.4. The summed E-state index contributed by atoms with van der Waals surface area (Å²) in [6.07, 6.45) is 2.24. The van der Waals surface area contributed by atoms with Gasteiger partial charge in [-0.15, -0.1) is 0 Å². The number of carbonyl (C=O) groups is 1. The van der Waals surface area contributed by atoms with Crippen molar-refractivity contribution in [2.75, 3.05) is 31.6 Å². The molecule has 4 heteroatoms. The molecule has 0 saturated carbocycles. The van der Waals surface area contributed by atoms with Crippen LogP contribution in [0.25, 0.3) is 0 Å². The number of hydrogen-bond acceptors (Lipinski definition) is 3. The van der Waals surface area contributed by atoms with E-state index in [1.165, 1.54) is 0 Å². The van der Waals surface area contributed by atoms with Gasteiger partial charge in [0.15, 0.2) is 0 Å². The number of rotatable bonds is 5. The summed E-state index contributed by atoms with van der Waals surface area (Å²) in [7, 11) is 0. The molecule has 20 heavy (non-hydrogen) atoms. The Kier molecular flexibility index (Phi) is 5.27. The molecule has 1 aromatic rings. The van der Waals surface area contributed by atoms with Crippen LogP contribution in [-0.4, -0.2) is 37.0 Å². The number of anilines is 1. The van der Waals surface area contributed by atoms with E-state index in [2.05, 4.69) is 12.2 Å². The molecule has 1 N–H and O–H groups in total. The van der Waals surface area contributed by atoms with Crippen LogP contribution in [0.1, 0.15) is 26.7 Å². The maximum Gasteiger partial charge on any atom is 0.241 e. The summed E-state index contributed by atoms with van der Waals surface area (Å²) in [5.74, 6) is 1.79. The van der Waals surface area contributed by atoms with E-state index in [4.69, 9.17) is 4.74 Å². The normalized spacial score (nSPS) is 16.0. The van der Waals surface area contributed by atoms with Crippen molar-refractivity contribution in [3.05, 3.63) is 24.3 Å². The number of ether oxygens (including phenoxy) is 1. The summed E-state index contributed by atoms with van der Waals surface area (Å²) in [6.45, 7) is 7.03. The Morgan fingerprint density at radius 2 is 1.95 bits per heavy atom. The predicted molar refractivity (Wildman–Crippen MR) is 81.1 cm³/mol. The molecule has 0 spiro atoms. The number of likely N-dealkylation sites (tertiary alicyclic amines) is 1. The van der Waals surface area contributed by atoms with Gasteiger partial charge in [-0.2, -0.15) is 0 Å². The second kappa shape index (κ2) is 7.17. The molecule has 1 amide bonds. The Morgan fingerprint density at radius 3 is 2.55 bits per heavy atom. The molecule has 0 aromatic heterocycles. The smallest absolute Gasteiger partial charge is 0.241 e. The summed E-state index contributed by atoms with van der Waals surface area (Å²) < 4.78 is 5.39. The van der Waals surface area contributed by atoms with Crippen LogP contribution >= 0.6 is 0 Å². The molecule has 1 heterocycles. The molecular weight excluding hydrogens is 252 g/mol. The molecule has 1 fully saturated rings. The van der Waals surface area contributed by atoms with Crippen molar-refractivity contribution in [3.63, 3.8) is 0 Å². The van der Waals surface area contributed by atoms with Crippen molar-refractivity contribution >= 4 is 11.6 Å². The topological polar surface area (TPSA) is 41.6 Å². The first-order valence-corrected chi connectivity index (χ1v) is 7.43. The summed E-state index contributed by atoms with van der Waals surface area (Å²) in [4.78, 5) is 14.0. The predicted octanol–water partition coefficient (Wildman–Crippen LogP) is 2.76. The van der Waals surface area contributed by atoms with E-state index in [0.29, 0.717) is 13.2 Å². The third-order valence-electron chi connectivity index (χ3n) is 3.75. The quantitative estimate of drug-likeness (QED) is 0.899. The van der Waals surface area contributed by atoms with Gasteiger partial charge in [-0.1, -0.05) is 6.92 Å². The SMILES string of the molecule is CCOc1ccc(NCC(=O)N2CCC(C)CC2)cc1. The lowest BCUT2D eigenvalue weighted by Crippen LogP contribution is -2.40. The third-order valence-corrected chi connectivity index (χ3v) is 3.75. The van der Waals surface area contributed by atoms with Gasteiger partial charge in [0.2, 0.25) is 5.91 Å². The molecule has 0 bridgehead atoms. The molecule has 0 aliphatic carbocycles. The lowest BCUT2D eigenvalue weighted by atomic mass is 9.99. The van der Waals surface area contributed by atoms with E-state index in [9.17, 15) is 4.79 Å². The van der Waals surface area contributed by atoms with Crippen molar-refractivity contribution in [2.45, 2.75) is 26.7 Å². The standard InChI is InChI=1S/C16H24N2O2/c1-3-20-15-6-4-14(5-7-15)17-12-16(19)18-10-8-13(2)9-11-18/h4-7,13,17H,3,8-12H2,1-2H3. The van der Waals surface area contributed by atoms with Crippen LogP contribution in [0, 0.1) is 5.92 Å². The second-order valence-corrected chi connectivity index (χ2v) is 5.37. The fourth-order valence-electron chi connectivity index (χ4n) is 2.38. The third kappa shape index (κ3) is 4.15. The van der Waals surface area contributed by atoms with E-state index in [1.807, 2.05) is 36.1 Å². The first-order valence-electron chi connectivity index (χ1n) is 7.43. The van der Waals surface area contributed by atoms with Crippen LogP contribution in [-0.2, 0) is 4.79 Å². The van der Waals surface area contributed by atoms with Crippen LogP contribution in [0.5, 0.6) is 5.75 Å². The average Bonchev–Trinajstić information content (AvgIpc) is 2.47. The minimum absolute atomic E-state index is 0.186. The minimum atomic E-state index is 0.186. The van der Waals surface area contributed by atoms with Gasteiger partial charge in [0, 0.05) is 18.8 Å². The lowest BCUT2D eigenvalue weighted by molar-refractivity contribution is -0.130. The molecular formula is C16H24N2O2. The highest BCUT2D eigenvalue weighted by atomic mass is 16.5. The summed E-state index contributed by atoms with van der Waals surface area (Å²) >= 11 is 0. The number of amides is 1. The molecule has 1 saturated heterocycles. The Morgan fingerprint density at radius 1 is 1.30 bits per heavy atom. The van der Waals surface area contributed by atoms with E-state index < -0.39 is 0 Å². The fourth-order valence-corrected chi connectivity index (χ4v) is 2.38. The van der Waals surface area contributed by atoms with Gasteiger partial charge < -0.3 is 15.0 Å². The van der Waals surface area contributed by atoms with Gasteiger partial charge in [0.05, 0.1) is 13.2 Å². The number of nitrogens with zero attached hydrogens (tertiary/aromatic N) is 1. The number of benzene rings is 1. The lowest BCUT2D eigenvalue weighted by Gasteiger charge is -2.30. The number of hydrogen-bond donors (Lipinski definition) is 1. The molecule has 1 aromatic carbocycles. The first kappa shape index (κ1) is 14.7. The summed E-state index contributed by atoms with van der Waals surface area (Å²) in [5, 5.41) is 3.18. The van der Waals surface area contributed by atoms with Gasteiger partial charge in [-0.3, -0.25) is 4.79 Å². The van der Waals surface area contributed by atoms with Crippen LogP contribution < -0.4 is 10.1 Å². The van der Waals surface area contributed by atoms with Crippen molar-refractivity contribution in [1.29, 1.82) is 0 Å². The highest BCUT2D eigenvalue weighted by Crippen LogP contribution is 2.17. The van der Waals surface area contributed by atoms with Gasteiger partial charge in [-0.05, 0) is 49.9 Å². The second-order valence-electron chi connectivity index (χ2n) is 5.37. The van der Waals surface area contributed by atoms with Gasteiger partial charge in [0.1, 0.15) is 5.75 Å². The first-order chi connectivity index (χ1) is 9.69. The number of carbonyl (C=O) groups excluding carboxylic acids is 1. The zero-order valence-electron chi connectivity index (χ0n) is 12.4. The molecule has 0 atom stereocenters. The summed E-state index contributed by atoms with van der Waals surface area (Å²) in [6, 6.07) is 7.71. The molecule has 4 nitrogen and oxygen atoms in total. The molecule has 0 radical (unpaired) electrons. The molecule has 1 aliphatic heterocycles. The van der Waals surface area contributed by atoms with Crippen molar-refractivity contribution in [2.24, 2.45) is 5.92 Å². The van der Waals surface area contributed by atoms with Crippen molar-refractivity contribution in [1.82, 2.24) is 4.90 Å². The van der Waals surface area contributed by atoms with Crippen LogP contribution in [0.3, 0.4) is 0 Å². The largest absolute Gasteiger partial charge is 0.494 e. The molecule has 110 valence electrons. The van der Waals surface area contributed by atoms with E-state index >= 15 is 0 Å². The average molecular weight is 276 g/mol. The molecule has 2 rings (SSSR count). The van der Waals surface area contributed by atoms with Gasteiger partial charge >= 0.3 is 0 Å². The maximum atomic E-state index is 12.1. The highest BCUT2D eigenvalue weighted by molar-refractivity contribution is 5.81. The van der Waals surface area contributed by atoms with Crippen LogP contribution in [0.4, 0.5) is 5.69 Å². The van der Waals surface area contributed by atoms with Crippen LogP contribution in [0.2, 0.25) is 0 Å². The molecule has 0 unspecified atom stereocenters. The Labute approximate surface area is 121 Å². The Hall–Kier alpha value is -1.71. The fraction of sp³-hybridized carbons (Fsp3) is 0.562. The van der Waals surface area contributed by atoms with E-state index in [-0.39, 0.29) is 5.91 Å². The molecule has 1 aliphatic rings. The van der Waals surface area contributed by atoms with E-state index in [0.717, 1.165) is 43.3 Å². The highest BCUT2D eigenvalue weighted by Gasteiger charge is 2.19. The minimum Gasteiger partial charge on any atom is -0.494 e. The zero-order valence-corrected chi connectivity index (χ0v) is 12.4.